The zero-order chi connectivity index (χ0) is 21.5. The van der Waals surface area contributed by atoms with Crippen molar-refractivity contribution in [2.24, 2.45) is 0 Å². The minimum absolute atomic E-state index is 0.201. The second-order valence-corrected chi connectivity index (χ2v) is 7.85. The van der Waals surface area contributed by atoms with E-state index in [4.69, 9.17) is 27.9 Å². The summed E-state index contributed by atoms with van der Waals surface area (Å²) < 4.78 is 44.1. The third kappa shape index (κ3) is 4.15. The van der Waals surface area contributed by atoms with Crippen LogP contribution in [0.25, 0.3) is 10.9 Å². The Bertz CT molecular complexity index is 1110. The summed E-state index contributed by atoms with van der Waals surface area (Å²) in [5.74, 6) is -0.201. The number of amides is 1. The third-order valence-corrected chi connectivity index (χ3v) is 5.87. The first-order valence-electron chi connectivity index (χ1n) is 9.27. The van der Waals surface area contributed by atoms with E-state index in [0.29, 0.717) is 59.0 Å². The van der Waals surface area contributed by atoms with Gasteiger partial charge in [0.1, 0.15) is 0 Å². The predicted molar refractivity (Wildman–Crippen MR) is 109 cm³/mol. The number of rotatable bonds is 3. The molecular weight excluding hydrogens is 440 g/mol. The molecule has 2 heterocycles. The summed E-state index contributed by atoms with van der Waals surface area (Å²) in [4.78, 5) is 17.5. The van der Waals surface area contributed by atoms with Gasteiger partial charge in [-0.2, -0.15) is 13.2 Å². The molecular formula is C21H17Cl2F3N2O2. The lowest BCUT2D eigenvalue weighted by atomic mass is 10.0. The fourth-order valence-electron chi connectivity index (χ4n) is 3.51. The highest BCUT2D eigenvalue weighted by Crippen LogP contribution is 2.34. The summed E-state index contributed by atoms with van der Waals surface area (Å²) in [5, 5.41) is 1.27. The molecule has 0 saturated carbocycles. The molecule has 4 rings (SSSR count). The molecule has 0 atom stereocenters. The quantitative estimate of drug-likeness (QED) is 0.560. The van der Waals surface area contributed by atoms with Crippen LogP contribution >= 0.6 is 23.2 Å². The Hall–Kier alpha value is -2.22. The lowest BCUT2D eigenvalue weighted by molar-refractivity contribution is -0.137. The number of carbonyl (C=O) groups is 1. The fraction of sp³-hybridized carbons (Fsp3) is 0.286. The molecule has 1 N–H and O–H groups in total. The largest absolute Gasteiger partial charge is 0.416 e. The van der Waals surface area contributed by atoms with Crippen LogP contribution in [-0.2, 0) is 17.3 Å². The average molecular weight is 457 g/mol. The number of hydrogen-bond donors (Lipinski definition) is 1. The van der Waals surface area contributed by atoms with E-state index < -0.39 is 11.7 Å². The second kappa shape index (κ2) is 8.13. The molecule has 0 spiro atoms. The van der Waals surface area contributed by atoms with Gasteiger partial charge in [-0.05, 0) is 41.3 Å². The summed E-state index contributed by atoms with van der Waals surface area (Å²) in [6.07, 6.45) is -4.17. The van der Waals surface area contributed by atoms with Crippen molar-refractivity contribution in [2.45, 2.75) is 12.6 Å². The van der Waals surface area contributed by atoms with E-state index in [2.05, 4.69) is 4.98 Å². The molecule has 1 aromatic heterocycles. The normalized spacial score (nSPS) is 15.0. The number of hydrogen-bond acceptors (Lipinski definition) is 2. The van der Waals surface area contributed by atoms with E-state index in [1.54, 1.807) is 23.1 Å². The number of aromatic nitrogens is 1. The van der Waals surface area contributed by atoms with E-state index in [-0.39, 0.29) is 17.4 Å². The average Bonchev–Trinajstić information content (AvgIpc) is 3.12. The highest BCUT2D eigenvalue weighted by atomic mass is 35.5. The van der Waals surface area contributed by atoms with Gasteiger partial charge in [0, 0.05) is 35.7 Å². The van der Waals surface area contributed by atoms with Gasteiger partial charge in [-0.15, -0.1) is 0 Å². The van der Waals surface area contributed by atoms with Gasteiger partial charge in [0.25, 0.3) is 5.91 Å². The van der Waals surface area contributed by atoms with Gasteiger partial charge < -0.3 is 14.6 Å². The monoisotopic (exact) mass is 456 g/mol. The topological polar surface area (TPSA) is 45.3 Å². The number of morpholine rings is 1. The predicted octanol–water partition coefficient (Wildman–Crippen LogP) is 5.56. The number of carbonyl (C=O) groups excluding carboxylic acids is 1. The number of halogens is 5. The molecule has 1 aliphatic rings. The molecule has 0 unspecified atom stereocenters. The number of fused-ring (bicyclic) bond motifs is 1. The van der Waals surface area contributed by atoms with Crippen molar-refractivity contribution in [3.8, 4) is 0 Å². The van der Waals surface area contributed by atoms with Crippen LogP contribution < -0.4 is 0 Å². The van der Waals surface area contributed by atoms with Crippen LogP contribution in [-0.4, -0.2) is 42.1 Å². The summed E-state index contributed by atoms with van der Waals surface area (Å²) >= 11 is 12.9. The van der Waals surface area contributed by atoms with E-state index in [1.165, 1.54) is 6.07 Å². The highest BCUT2D eigenvalue weighted by molar-refractivity contribution is 6.38. The van der Waals surface area contributed by atoms with Crippen LogP contribution in [0.15, 0.2) is 36.4 Å². The van der Waals surface area contributed by atoms with Crippen LogP contribution in [0, 0.1) is 0 Å². The molecule has 0 bridgehead atoms. The number of ether oxygens (including phenoxy) is 1. The van der Waals surface area contributed by atoms with Crippen molar-refractivity contribution in [2.75, 3.05) is 26.3 Å². The maximum atomic E-state index is 13.0. The van der Waals surface area contributed by atoms with Crippen molar-refractivity contribution in [3.63, 3.8) is 0 Å². The third-order valence-electron chi connectivity index (χ3n) is 5.09. The van der Waals surface area contributed by atoms with E-state index in [0.717, 1.165) is 12.1 Å². The summed E-state index contributed by atoms with van der Waals surface area (Å²) in [6.45, 7) is 1.91. The van der Waals surface area contributed by atoms with E-state index in [1.807, 2.05) is 0 Å². The van der Waals surface area contributed by atoms with Crippen molar-refractivity contribution >= 4 is 40.0 Å². The Kier molecular flexibility index (Phi) is 5.70. The second-order valence-electron chi connectivity index (χ2n) is 7.06. The molecule has 1 aliphatic heterocycles. The number of nitrogens with one attached hydrogen (secondary N) is 1. The molecule has 1 fully saturated rings. The van der Waals surface area contributed by atoms with Crippen LogP contribution in [0.2, 0.25) is 10.0 Å². The first-order chi connectivity index (χ1) is 14.2. The Morgan fingerprint density at radius 2 is 1.83 bits per heavy atom. The van der Waals surface area contributed by atoms with Crippen molar-refractivity contribution in [1.29, 1.82) is 0 Å². The lowest BCUT2D eigenvalue weighted by Gasteiger charge is -2.27. The van der Waals surface area contributed by atoms with Gasteiger partial charge >= 0.3 is 6.18 Å². The first kappa shape index (κ1) is 21.0. The minimum Gasteiger partial charge on any atom is -0.378 e. The number of alkyl halides is 3. The summed E-state index contributed by atoms with van der Waals surface area (Å²) in [5.41, 5.74) is 1.17. The Labute approximate surface area is 180 Å². The molecule has 1 amide bonds. The lowest BCUT2D eigenvalue weighted by Crippen LogP contribution is -2.40. The van der Waals surface area contributed by atoms with Crippen LogP contribution in [0.1, 0.15) is 27.2 Å². The molecule has 158 valence electrons. The minimum atomic E-state index is -4.42. The van der Waals surface area contributed by atoms with Crippen LogP contribution in [0.5, 0.6) is 0 Å². The van der Waals surface area contributed by atoms with Gasteiger partial charge in [-0.1, -0.05) is 29.3 Å². The molecule has 1 saturated heterocycles. The molecule has 9 heteroatoms. The van der Waals surface area contributed by atoms with Crippen molar-refractivity contribution in [1.82, 2.24) is 9.88 Å². The van der Waals surface area contributed by atoms with Crippen LogP contribution in [0.3, 0.4) is 0 Å². The van der Waals surface area contributed by atoms with Gasteiger partial charge in [0.05, 0.1) is 29.4 Å². The smallest absolute Gasteiger partial charge is 0.378 e. The zero-order valence-corrected chi connectivity index (χ0v) is 17.2. The molecule has 0 radical (unpaired) electrons. The fourth-order valence-corrected chi connectivity index (χ4v) is 4.10. The standard InChI is InChI=1S/C21H17Cl2F3N2O2/c22-17-4-3-15(20(29)28-5-7-30-8-6-28)19(23)16(17)11-14-9-12-1-2-13(21(24,25)26)10-18(12)27-14/h1-4,9-10,27H,5-8,11H2. The Morgan fingerprint density at radius 1 is 1.10 bits per heavy atom. The SMILES string of the molecule is O=C(c1ccc(Cl)c(Cc2cc3ccc(C(F)(F)F)cc3[nH]2)c1Cl)N1CCOCC1. The molecule has 30 heavy (non-hydrogen) atoms. The number of H-pyrrole nitrogens is 1. The Morgan fingerprint density at radius 3 is 2.53 bits per heavy atom. The van der Waals surface area contributed by atoms with Gasteiger partial charge in [0.15, 0.2) is 0 Å². The zero-order valence-electron chi connectivity index (χ0n) is 15.7. The Balaban J connectivity index is 1.65. The van der Waals surface area contributed by atoms with Gasteiger partial charge in [0.2, 0.25) is 0 Å². The number of aromatic amines is 1. The van der Waals surface area contributed by atoms with E-state index in [9.17, 15) is 18.0 Å². The van der Waals surface area contributed by atoms with Gasteiger partial charge in [-0.25, -0.2) is 0 Å². The number of benzene rings is 2. The van der Waals surface area contributed by atoms with Gasteiger partial charge in [-0.3, -0.25) is 4.79 Å². The maximum absolute atomic E-state index is 13.0. The molecule has 3 aromatic rings. The summed E-state index contributed by atoms with van der Waals surface area (Å²) in [6, 6.07) is 8.48. The number of nitrogens with zero attached hydrogens (tertiary/aromatic N) is 1. The molecule has 0 aliphatic carbocycles. The molecule has 2 aromatic carbocycles. The van der Waals surface area contributed by atoms with E-state index >= 15 is 0 Å². The van der Waals surface area contributed by atoms with Crippen molar-refractivity contribution < 1.29 is 22.7 Å². The first-order valence-corrected chi connectivity index (χ1v) is 10.0. The summed E-state index contributed by atoms with van der Waals surface area (Å²) in [7, 11) is 0. The van der Waals surface area contributed by atoms with Crippen molar-refractivity contribution in [3.05, 3.63) is 68.8 Å². The molecule has 4 nitrogen and oxygen atoms in total. The van der Waals surface area contributed by atoms with Crippen LogP contribution in [0.4, 0.5) is 13.2 Å². The maximum Gasteiger partial charge on any atom is 0.416 e. The highest BCUT2D eigenvalue weighted by Gasteiger charge is 2.30.